The second-order valence-electron chi connectivity index (χ2n) is 1.47. The molecule has 0 spiro atoms. The van der Waals surface area contributed by atoms with E-state index >= 15 is 0 Å². The Bertz CT molecular complexity index is 62.0. The van der Waals surface area contributed by atoms with Gasteiger partial charge in [-0.15, -0.1) is 0 Å². The monoisotopic (exact) mass is 215 g/mol. The number of carboxylic acid groups (broad SMARTS) is 1. The lowest BCUT2D eigenvalue weighted by molar-refractivity contribution is -0.134. The molecule has 0 saturated carbocycles. The molecule has 0 aliphatic rings. The van der Waals surface area contributed by atoms with Gasteiger partial charge >= 0.3 is 0 Å². The molecule has 0 unspecified atom stereocenters. The van der Waals surface area contributed by atoms with Crippen molar-refractivity contribution in [2.75, 3.05) is 19.8 Å². The maximum Gasteiger partial charge on any atom is 0.300 e. The highest BCUT2D eigenvalue weighted by atomic mass is 16.4. The molecular weight excluding hydrogens is 190 g/mol. The van der Waals surface area contributed by atoms with Crippen LogP contribution in [0.2, 0.25) is 0 Å². The molecule has 6 heteroatoms. The van der Waals surface area contributed by atoms with Gasteiger partial charge in [-0.25, -0.2) is 0 Å². The number of carboxylic acids is 1. The van der Waals surface area contributed by atoms with E-state index in [0.717, 1.165) is 6.92 Å². The molecule has 0 aliphatic heterocycles. The molecule has 7 N–H and O–H groups in total. The van der Waals surface area contributed by atoms with Crippen molar-refractivity contribution < 1.29 is 25.2 Å². The van der Waals surface area contributed by atoms with Crippen LogP contribution in [0.3, 0.4) is 0 Å². The Labute approximate surface area is 85.8 Å². The van der Waals surface area contributed by atoms with Crippen molar-refractivity contribution >= 4 is 5.97 Å². The summed E-state index contributed by atoms with van der Waals surface area (Å²) in [7, 11) is 0. The Morgan fingerprint density at radius 3 is 0.929 bits per heavy atom. The quantitative estimate of drug-likeness (QED) is 0.393. The van der Waals surface area contributed by atoms with Crippen LogP contribution in [-0.4, -0.2) is 46.2 Å². The lowest BCUT2D eigenvalue weighted by Crippen LogP contribution is -1.78. The van der Waals surface area contributed by atoms with E-state index in [-0.39, 0.29) is 26.0 Å². The Hall–Kier alpha value is -0.690. The third-order valence-electron chi connectivity index (χ3n) is 0. The summed E-state index contributed by atoms with van der Waals surface area (Å²) in [6.45, 7) is 6.88. The SMILES string of the molecule is CC(=O)O.CCO.CCO.CCO.N. The molecular formula is C8H25NO5. The highest BCUT2D eigenvalue weighted by Crippen LogP contribution is 1.42. The molecule has 0 radical (unpaired) electrons. The number of aliphatic carboxylic acids is 1. The summed E-state index contributed by atoms with van der Waals surface area (Å²) in [6.07, 6.45) is 0. The molecule has 14 heavy (non-hydrogen) atoms. The first-order chi connectivity index (χ1) is 5.97. The van der Waals surface area contributed by atoms with Crippen LogP contribution in [0, 0.1) is 0 Å². The van der Waals surface area contributed by atoms with E-state index in [1.54, 1.807) is 20.8 Å². The Kier molecular flexibility index (Phi) is 117. The number of rotatable bonds is 0. The van der Waals surface area contributed by atoms with E-state index in [1.165, 1.54) is 0 Å². The zero-order chi connectivity index (χ0) is 11.7. The van der Waals surface area contributed by atoms with Crippen molar-refractivity contribution in [2.45, 2.75) is 27.7 Å². The second kappa shape index (κ2) is 55.8. The van der Waals surface area contributed by atoms with Crippen LogP contribution in [0.1, 0.15) is 27.7 Å². The molecule has 0 atom stereocenters. The van der Waals surface area contributed by atoms with Gasteiger partial charge in [-0.05, 0) is 20.8 Å². The van der Waals surface area contributed by atoms with E-state index in [0.29, 0.717) is 0 Å². The minimum atomic E-state index is -0.833. The highest BCUT2D eigenvalue weighted by molar-refractivity contribution is 5.62. The zero-order valence-corrected chi connectivity index (χ0v) is 9.53. The van der Waals surface area contributed by atoms with Gasteiger partial charge in [0.05, 0.1) is 0 Å². The number of aliphatic hydroxyl groups excluding tert-OH is 3. The van der Waals surface area contributed by atoms with E-state index in [9.17, 15) is 0 Å². The summed E-state index contributed by atoms with van der Waals surface area (Å²) < 4.78 is 0. The number of carbonyl (C=O) groups is 1. The van der Waals surface area contributed by atoms with Gasteiger partial charge in [0.2, 0.25) is 0 Å². The second-order valence-corrected chi connectivity index (χ2v) is 1.47. The van der Waals surface area contributed by atoms with Crippen molar-refractivity contribution in [3.63, 3.8) is 0 Å². The third-order valence-corrected chi connectivity index (χ3v) is 0. The maximum atomic E-state index is 9.00. The predicted octanol–water partition coefficient (Wildman–Crippen LogP) is 0.249. The predicted molar refractivity (Wildman–Crippen MR) is 56.6 cm³/mol. The first-order valence-corrected chi connectivity index (χ1v) is 4.00. The molecule has 0 bridgehead atoms. The molecule has 92 valence electrons. The fourth-order valence-corrected chi connectivity index (χ4v) is 0. The van der Waals surface area contributed by atoms with Gasteiger partial charge in [-0.2, -0.15) is 0 Å². The Morgan fingerprint density at radius 1 is 0.929 bits per heavy atom. The first-order valence-electron chi connectivity index (χ1n) is 4.00. The Morgan fingerprint density at radius 2 is 0.929 bits per heavy atom. The average Bonchev–Trinajstić information content (AvgIpc) is 1.88. The highest BCUT2D eigenvalue weighted by Gasteiger charge is 1.65. The molecule has 0 rings (SSSR count). The molecule has 0 aromatic carbocycles. The standard InChI is InChI=1S/C2H4O2.3C2H6O.H3N/c1-2(3)4;3*1-2-3;/h1H3,(H,3,4);3*3H,2H2,1H3;1H3. The van der Waals surface area contributed by atoms with Crippen LogP contribution in [0.5, 0.6) is 0 Å². The minimum Gasteiger partial charge on any atom is -0.481 e. The van der Waals surface area contributed by atoms with E-state index in [2.05, 4.69) is 0 Å². The lowest BCUT2D eigenvalue weighted by atomic mass is 10.9. The van der Waals surface area contributed by atoms with Crippen molar-refractivity contribution in [1.29, 1.82) is 0 Å². The molecule has 0 fully saturated rings. The van der Waals surface area contributed by atoms with Crippen LogP contribution in [-0.2, 0) is 4.79 Å². The summed E-state index contributed by atoms with van der Waals surface area (Å²) in [5.41, 5.74) is 0. The molecule has 6 nitrogen and oxygen atoms in total. The normalized spacial score (nSPS) is 5.64. The topological polar surface area (TPSA) is 133 Å². The zero-order valence-electron chi connectivity index (χ0n) is 9.53. The van der Waals surface area contributed by atoms with Gasteiger partial charge in [0.15, 0.2) is 0 Å². The van der Waals surface area contributed by atoms with E-state index < -0.39 is 5.97 Å². The van der Waals surface area contributed by atoms with Crippen LogP contribution in [0.25, 0.3) is 0 Å². The van der Waals surface area contributed by atoms with Crippen molar-refractivity contribution in [3.8, 4) is 0 Å². The van der Waals surface area contributed by atoms with Crippen LogP contribution >= 0.6 is 0 Å². The summed E-state index contributed by atoms with van der Waals surface area (Å²) in [4.78, 5) is 9.00. The smallest absolute Gasteiger partial charge is 0.300 e. The van der Waals surface area contributed by atoms with Crippen molar-refractivity contribution in [2.24, 2.45) is 0 Å². The van der Waals surface area contributed by atoms with Gasteiger partial charge in [0.25, 0.3) is 5.97 Å². The molecule has 0 aromatic rings. The summed E-state index contributed by atoms with van der Waals surface area (Å²) in [5.74, 6) is -0.833. The largest absolute Gasteiger partial charge is 0.481 e. The Balaban J connectivity index is -0.0000000254. The number of hydrogen-bond acceptors (Lipinski definition) is 5. The van der Waals surface area contributed by atoms with Gasteiger partial charge in [-0.1, -0.05) is 0 Å². The molecule has 0 aromatic heterocycles. The van der Waals surface area contributed by atoms with Gasteiger partial charge in [-0.3, -0.25) is 4.79 Å². The van der Waals surface area contributed by atoms with Crippen molar-refractivity contribution in [1.82, 2.24) is 6.15 Å². The third kappa shape index (κ3) is 2530. The van der Waals surface area contributed by atoms with Gasteiger partial charge in [0.1, 0.15) is 0 Å². The number of aliphatic hydroxyl groups is 3. The first kappa shape index (κ1) is 29.2. The van der Waals surface area contributed by atoms with E-state index in [1.807, 2.05) is 0 Å². The maximum absolute atomic E-state index is 9.00. The van der Waals surface area contributed by atoms with Crippen molar-refractivity contribution in [3.05, 3.63) is 0 Å². The average molecular weight is 215 g/mol. The van der Waals surface area contributed by atoms with Gasteiger partial charge < -0.3 is 26.6 Å². The minimum absolute atomic E-state index is 0. The fraction of sp³-hybridized carbons (Fsp3) is 0.875. The van der Waals surface area contributed by atoms with Crippen LogP contribution in [0.4, 0.5) is 0 Å². The summed E-state index contributed by atoms with van der Waals surface area (Å²) in [6, 6.07) is 0. The van der Waals surface area contributed by atoms with E-state index in [4.69, 9.17) is 25.2 Å². The fourth-order valence-electron chi connectivity index (χ4n) is 0. The lowest BCUT2D eigenvalue weighted by Gasteiger charge is -1.59. The summed E-state index contributed by atoms with van der Waals surface area (Å²) in [5, 5.41) is 30.1. The molecule has 0 amide bonds. The molecule has 0 heterocycles. The molecule has 0 aliphatic carbocycles. The number of hydrogen-bond donors (Lipinski definition) is 5. The summed E-state index contributed by atoms with van der Waals surface area (Å²) >= 11 is 0. The van der Waals surface area contributed by atoms with Gasteiger partial charge in [0, 0.05) is 26.7 Å². The van der Waals surface area contributed by atoms with Crippen LogP contribution in [0.15, 0.2) is 0 Å². The van der Waals surface area contributed by atoms with Crippen LogP contribution < -0.4 is 6.15 Å². The molecule has 0 saturated heterocycles.